The minimum Gasteiger partial charge on any atom is -0.342 e. The first kappa shape index (κ1) is 11.6. The highest BCUT2D eigenvalue weighted by Gasteiger charge is 2.02. The molecule has 0 saturated heterocycles. The van der Waals surface area contributed by atoms with Gasteiger partial charge in [0, 0.05) is 12.0 Å². The number of benzene rings is 1. The molecular weight excluding hydrogens is 204 g/mol. The quantitative estimate of drug-likeness (QED) is 0.622. The Kier molecular flexibility index (Phi) is 4.71. The average Bonchev–Trinajstić information content (AvgIpc) is 2.29. The molecule has 78 valence electrons. The number of nitrogens with one attached hydrogen (secondary N) is 1. The van der Waals surface area contributed by atoms with Gasteiger partial charge in [-0.2, -0.15) is 0 Å². The Hall–Kier alpha value is -1.48. The summed E-state index contributed by atoms with van der Waals surface area (Å²) in [6, 6.07) is 10.0. The molecule has 0 unspecified atom stereocenters. The lowest BCUT2D eigenvalue weighted by Gasteiger charge is -2.07. The molecule has 0 spiro atoms. The van der Waals surface area contributed by atoms with Crippen LogP contribution in [0.3, 0.4) is 0 Å². The molecule has 0 amide bonds. The van der Waals surface area contributed by atoms with Crippen molar-refractivity contribution >= 4 is 21.8 Å². The highest BCUT2D eigenvalue weighted by molar-refractivity contribution is 8.21. The second kappa shape index (κ2) is 6.09. The molecule has 0 aliphatic carbocycles. The molecule has 0 bridgehead atoms. The number of thioether (sulfide) groups is 1. The molecule has 0 aliphatic rings. The van der Waals surface area contributed by atoms with Crippen molar-refractivity contribution in [2.24, 2.45) is 4.99 Å². The number of aliphatic imine (C=N–C) groups is 1. The van der Waals surface area contributed by atoms with Gasteiger partial charge in [0.1, 0.15) is 0 Å². The van der Waals surface area contributed by atoms with Gasteiger partial charge < -0.3 is 5.32 Å². The zero-order chi connectivity index (χ0) is 11.1. The smallest absolute Gasteiger partial charge is 0.165 e. The van der Waals surface area contributed by atoms with Gasteiger partial charge in [0.15, 0.2) is 5.17 Å². The average molecular weight is 218 g/mol. The van der Waals surface area contributed by atoms with Gasteiger partial charge in [0.05, 0.1) is 0 Å². The van der Waals surface area contributed by atoms with Gasteiger partial charge >= 0.3 is 0 Å². The van der Waals surface area contributed by atoms with E-state index in [9.17, 15) is 0 Å². The number of amidine groups is 1. The van der Waals surface area contributed by atoms with Crippen LogP contribution in [0, 0.1) is 0 Å². The second-order valence-electron chi connectivity index (χ2n) is 2.77. The van der Waals surface area contributed by atoms with Crippen LogP contribution in [0.4, 0.5) is 0 Å². The van der Waals surface area contributed by atoms with Crippen molar-refractivity contribution in [1.82, 2.24) is 5.32 Å². The molecule has 0 atom stereocenters. The van der Waals surface area contributed by atoms with E-state index in [2.05, 4.69) is 23.5 Å². The predicted octanol–water partition coefficient (Wildman–Crippen LogP) is 3.11. The van der Waals surface area contributed by atoms with E-state index in [1.165, 1.54) is 11.8 Å². The third kappa shape index (κ3) is 3.64. The Morgan fingerprint density at radius 3 is 2.60 bits per heavy atom. The third-order valence-electron chi connectivity index (χ3n) is 1.74. The molecule has 1 rings (SSSR count). The van der Waals surface area contributed by atoms with Crippen molar-refractivity contribution in [2.75, 3.05) is 7.05 Å². The van der Waals surface area contributed by atoms with E-state index >= 15 is 0 Å². The molecule has 0 aromatic heterocycles. The number of hydrogen-bond donors (Lipinski definition) is 1. The van der Waals surface area contributed by atoms with Crippen LogP contribution in [0.1, 0.15) is 5.56 Å². The SMILES string of the molecule is C=CNC(=NC)SC(=C)c1ccccc1. The monoisotopic (exact) mass is 218 g/mol. The van der Waals surface area contributed by atoms with Gasteiger partial charge in [-0.25, -0.2) is 0 Å². The van der Waals surface area contributed by atoms with Gasteiger partial charge in [-0.3, -0.25) is 4.99 Å². The van der Waals surface area contributed by atoms with Crippen LogP contribution in [-0.4, -0.2) is 12.2 Å². The van der Waals surface area contributed by atoms with Gasteiger partial charge in [0.2, 0.25) is 0 Å². The largest absolute Gasteiger partial charge is 0.342 e. The van der Waals surface area contributed by atoms with Crippen molar-refractivity contribution < 1.29 is 0 Å². The van der Waals surface area contributed by atoms with E-state index < -0.39 is 0 Å². The number of rotatable bonds is 3. The molecule has 0 saturated carbocycles. The van der Waals surface area contributed by atoms with Crippen LogP contribution in [-0.2, 0) is 0 Å². The normalized spacial score (nSPS) is 10.9. The van der Waals surface area contributed by atoms with Gasteiger partial charge in [-0.15, -0.1) is 0 Å². The Morgan fingerprint density at radius 2 is 2.07 bits per heavy atom. The summed E-state index contributed by atoms with van der Waals surface area (Å²) in [6.45, 7) is 7.60. The molecule has 0 heterocycles. The lowest BCUT2D eigenvalue weighted by atomic mass is 10.2. The summed E-state index contributed by atoms with van der Waals surface area (Å²) < 4.78 is 0. The van der Waals surface area contributed by atoms with Crippen LogP contribution in [0.15, 0.2) is 54.7 Å². The number of hydrogen-bond acceptors (Lipinski definition) is 2. The third-order valence-corrected chi connectivity index (χ3v) is 2.72. The first-order chi connectivity index (χ1) is 7.27. The van der Waals surface area contributed by atoms with E-state index in [0.29, 0.717) is 0 Å². The predicted molar refractivity (Wildman–Crippen MR) is 69.8 cm³/mol. The molecule has 2 nitrogen and oxygen atoms in total. The van der Waals surface area contributed by atoms with E-state index in [4.69, 9.17) is 0 Å². The summed E-state index contributed by atoms with van der Waals surface area (Å²) in [5.74, 6) is 0. The Bertz CT molecular complexity index is 368. The van der Waals surface area contributed by atoms with Crippen molar-refractivity contribution in [3.63, 3.8) is 0 Å². The summed E-state index contributed by atoms with van der Waals surface area (Å²) in [5, 5.41) is 3.74. The summed E-state index contributed by atoms with van der Waals surface area (Å²) in [6.07, 6.45) is 1.60. The fourth-order valence-corrected chi connectivity index (χ4v) is 1.75. The molecule has 1 N–H and O–H groups in total. The minimum atomic E-state index is 0.791. The lowest BCUT2D eigenvalue weighted by Crippen LogP contribution is -2.12. The fourth-order valence-electron chi connectivity index (χ4n) is 1.03. The van der Waals surface area contributed by atoms with Crippen LogP contribution in [0.5, 0.6) is 0 Å². The van der Waals surface area contributed by atoms with Crippen molar-refractivity contribution in [3.8, 4) is 0 Å². The molecule has 1 aromatic carbocycles. The van der Waals surface area contributed by atoms with E-state index in [0.717, 1.165) is 15.6 Å². The standard InChI is InChI=1S/C12H14N2S/c1-4-14-12(13-3)15-10(2)11-8-6-5-7-9-11/h4-9H,1-2H2,3H3,(H,13,14). The zero-order valence-corrected chi connectivity index (χ0v) is 9.55. The maximum atomic E-state index is 4.08. The Morgan fingerprint density at radius 1 is 1.40 bits per heavy atom. The molecule has 0 radical (unpaired) electrons. The molecule has 0 aliphatic heterocycles. The molecule has 0 fully saturated rings. The zero-order valence-electron chi connectivity index (χ0n) is 8.73. The van der Waals surface area contributed by atoms with E-state index in [1.54, 1.807) is 13.2 Å². The number of nitrogens with zero attached hydrogens (tertiary/aromatic N) is 1. The maximum absolute atomic E-state index is 4.08. The van der Waals surface area contributed by atoms with Crippen LogP contribution in [0.25, 0.3) is 4.91 Å². The van der Waals surface area contributed by atoms with E-state index in [1.807, 2.05) is 30.3 Å². The van der Waals surface area contributed by atoms with Gasteiger partial charge in [-0.1, -0.05) is 55.3 Å². The minimum absolute atomic E-state index is 0.791. The highest BCUT2D eigenvalue weighted by Crippen LogP contribution is 2.25. The summed E-state index contributed by atoms with van der Waals surface area (Å²) in [4.78, 5) is 5.04. The topological polar surface area (TPSA) is 24.4 Å². The first-order valence-corrected chi connectivity index (χ1v) is 5.36. The second-order valence-corrected chi connectivity index (χ2v) is 3.85. The van der Waals surface area contributed by atoms with Gasteiger partial charge in [0.25, 0.3) is 0 Å². The molecule has 1 aromatic rings. The molecule has 3 heteroatoms. The first-order valence-electron chi connectivity index (χ1n) is 4.54. The Labute approximate surface area is 94.8 Å². The summed E-state index contributed by atoms with van der Waals surface area (Å²) >= 11 is 1.50. The van der Waals surface area contributed by atoms with Crippen LogP contribution < -0.4 is 5.32 Å². The van der Waals surface area contributed by atoms with Crippen molar-refractivity contribution in [1.29, 1.82) is 0 Å². The van der Waals surface area contributed by atoms with Gasteiger partial charge in [-0.05, 0) is 11.8 Å². The Balaban J connectivity index is 2.67. The van der Waals surface area contributed by atoms with Crippen molar-refractivity contribution in [3.05, 3.63) is 55.3 Å². The highest BCUT2D eigenvalue weighted by atomic mass is 32.2. The van der Waals surface area contributed by atoms with Crippen LogP contribution in [0.2, 0.25) is 0 Å². The van der Waals surface area contributed by atoms with E-state index in [-0.39, 0.29) is 0 Å². The lowest BCUT2D eigenvalue weighted by molar-refractivity contribution is 1.28. The maximum Gasteiger partial charge on any atom is 0.165 e. The molecule has 15 heavy (non-hydrogen) atoms. The summed E-state index contributed by atoms with van der Waals surface area (Å²) in [5.41, 5.74) is 1.11. The fraction of sp³-hybridized carbons (Fsp3) is 0.0833. The molecular formula is C12H14N2S. The van der Waals surface area contributed by atoms with Crippen molar-refractivity contribution in [2.45, 2.75) is 0 Å². The summed E-state index contributed by atoms with van der Waals surface area (Å²) in [7, 11) is 1.73. The van der Waals surface area contributed by atoms with Crippen LogP contribution >= 0.6 is 11.8 Å².